The van der Waals surface area contributed by atoms with Crippen molar-refractivity contribution in [3.05, 3.63) is 71.5 Å². The zero-order valence-corrected chi connectivity index (χ0v) is 18.9. The zero-order chi connectivity index (χ0) is 22.2. The number of rotatable bonds is 5. The van der Waals surface area contributed by atoms with Crippen molar-refractivity contribution in [3.63, 3.8) is 0 Å². The van der Waals surface area contributed by atoms with Crippen molar-refractivity contribution in [2.45, 2.75) is 29.7 Å². The van der Waals surface area contributed by atoms with Crippen molar-refractivity contribution in [1.82, 2.24) is 24.8 Å². The summed E-state index contributed by atoms with van der Waals surface area (Å²) in [5.41, 5.74) is 2.46. The molecule has 32 heavy (non-hydrogen) atoms. The summed E-state index contributed by atoms with van der Waals surface area (Å²) < 4.78 is 7.32. The van der Waals surface area contributed by atoms with Gasteiger partial charge in [-0.2, -0.15) is 10.2 Å². The van der Waals surface area contributed by atoms with Gasteiger partial charge in [-0.25, -0.2) is 15.0 Å². The maximum absolute atomic E-state index is 13.5. The molecular weight excluding hydrogens is 448 g/mol. The van der Waals surface area contributed by atoms with Gasteiger partial charge < -0.3 is 4.42 Å². The van der Waals surface area contributed by atoms with Gasteiger partial charge in [-0.15, -0.1) is 0 Å². The molecule has 0 saturated heterocycles. The van der Waals surface area contributed by atoms with Crippen LogP contribution >= 0.6 is 23.4 Å². The van der Waals surface area contributed by atoms with E-state index >= 15 is 0 Å². The molecule has 8 nitrogen and oxygen atoms in total. The minimum atomic E-state index is -0.431. The molecule has 1 aromatic carbocycles. The molecule has 4 heterocycles. The third kappa shape index (κ3) is 3.78. The minimum Gasteiger partial charge on any atom is -0.467 e. The molecule has 0 bridgehead atoms. The Morgan fingerprint density at radius 3 is 2.81 bits per heavy atom. The molecular formula is C22H19ClN6O2S. The Kier molecular flexibility index (Phi) is 5.44. The van der Waals surface area contributed by atoms with Crippen LogP contribution in [0.15, 0.2) is 69.7 Å². The van der Waals surface area contributed by atoms with Crippen molar-refractivity contribution >= 4 is 46.0 Å². The third-order valence-corrected chi connectivity index (χ3v) is 6.67. The largest absolute Gasteiger partial charge is 0.467 e. The van der Waals surface area contributed by atoms with Gasteiger partial charge in [0.1, 0.15) is 23.2 Å². The molecule has 0 spiro atoms. The van der Waals surface area contributed by atoms with Gasteiger partial charge in [0, 0.05) is 18.5 Å². The first-order valence-electron chi connectivity index (χ1n) is 10.0. The molecule has 0 aliphatic carbocycles. The quantitative estimate of drug-likeness (QED) is 0.318. The van der Waals surface area contributed by atoms with E-state index in [1.54, 1.807) is 17.1 Å². The summed E-state index contributed by atoms with van der Waals surface area (Å²) in [5, 5.41) is 12.2. The van der Waals surface area contributed by atoms with Crippen molar-refractivity contribution in [2.75, 3.05) is 0 Å². The molecule has 0 radical (unpaired) electrons. The van der Waals surface area contributed by atoms with Gasteiger partial charge in [0.2, 0.25) is 0 Å². The van der Waals surface area contributed by atoms with E-state index in [0.29, 0.717) is 22.2 Å². The van der Waals surface area contributed by atoms with Crippen molar-refractivity contribution in [1.29, 1.82) is 0 Å². The molecule has 1 aliphatic heterocycles. The summed E-state index contributed by atoms with van der Waals surface area (Å²) in [5.74, 6) is 0.566. The predicted molar refractivity (Wildman–Crippen MR) is 123 cm³/mol. The van der Waals surface area contributed by atoms with Crippen molar-refractivity contribution < 1.29 is 9.21 Å². The number of thioether (sulfide) groups is 1. The van der Waals surface area contributed by atoms with E-state index in [9.17, 15) is 4.79 Å². The zero-order valence-electron chi connectivity index (χ0n) is 17.3. The normalized spacial score (nSPS) is 17.0. The lowest BCUT2D eigenvalue weighted by Gasteiger charge is -2.22. The molecule has 0 unspecified atom stereocenters. The number of halogens is 1. The summed E-state index contributed by atoms with van der Waals surface area (Å²) in [6.45, 7) is 1.85. The summed E-state index contributed by atoms with van der Waals surface area (Å²) in [6, 6.07) is 10.8. The second-order valence-corrected chi connectivity index (χ2v) is 9.18. The third-order valence-electron chi connectivity index (χ3n) is 5.31. The first-order chi connectivity index (χ1) is 15.5. The van der Waals surface area contributed by atoms with Gasteiger partial charge in [0.25, 0.3) is 5.91 Å². The molecule has 1 amide bonds. The smallest absolute Gasteiger partial charge is 0.256 e. The monoisotopic (exact) mass is 466 g/mol. The Morgan fingerprint density at radius 2 is 2.06 bits per heavy atom. The second-order valence-electron chi connectivity index (χ2n) is 7.42. The number of hydrogen-bond donors (Lipinski definition) is 0. The number of hydrazone groups is 1. The summed E-state index contributed by atoms with van der Waals surface area (Å²) in [7, 11) is 1.82. The number of furan rings is 1. The number of amides is 1. The molecule has 4 aromatic rings. The Bertz CT molecular complexity index is 1300. The lowest BCUT2D eigenvalue weighted by Crippen LogP contribution is -2.33. The predicted octanol–water partition coefficient (Wildman–Crippen LogP) is 4.47. The van der Waals surface area contributed by atoms with Crippen LogP contribution in [0.1, 0.15) is 30.7 Å². The van der Waals surface area contributed by atoms with E-state index in [1.807, 2.05) is 50.4 Å². The summed E-state index contributed by atoms with van der Waals surface area (Å²) in [4.78, 5) is 22.1. The number of nitrogens with zero attached hydrogens (tertiary/aromatic N) is 6. The number of carbonyl (C=O) groups is 1. The van der Waals surface area contributed by atoms with Gasteiger partial charge in [-0.1, -0.05) is 35.5 Å². The Hall–Kier alpha value is -3.17. The number of carbonyl (C=O) groups excluding carboxylic acids is 1. The lowest BCUT2D eigenvalue weighted by molar-refractivity contribution is -0.132. The highest BCUT2D eigenvalue weighted by molar-refractivity contribution is 8.00. The molecule has 162 valence electrons. The molecule has 0 fully saturated rings. The van der Waals surface area contributed by atoms with Crippen molar-refractivity contribution in [2.24, 2.45) is 12.1 Å². The van der Waals surface area contributed by atoms with Gasteiger partial charge in [0.05, 0.1) is 28.8 Å². The number of aromatic nitrogens is 4. The summed E-state index contributed by atoms with van der Waals surface area (Å²) in [6.07, 6.45) is 5.37. The minimum absolute atomic E-state index is 0.129. The molecule has 2 atom stereocenters. The fourth-order valence-electron chi connectivity index (χ4n) is 3.67. The van der Waals surface area contributed by atoms with Crippen LogP contribution < -0.4 is 0 Å². The summed E-state index contributed by atoms with van der Waals surface area (Å²) >= 11 is 7.40. The van der Waals surface area contributed by atoms with E-state index in [4.69, 9.17) is 16.0 Å². The van der Waals surface area contributed by atoms with E-state index in [-0.39, 0.29) is 11.9 Å². The molecule has 3 aromatic heterocycles. The highest BCUT2D eigenvalue weighted by Gasteiger charge is 2.37. The second kappa shape index (κ2) is 8.40. The van der Waals surface area contributed by atoms with Gasteiger partial charge in [-0.3, -0.25) is 9.48 Å². The van der Waals surface area contributed by atoms with Crippen LogP contribution in [0.2, 0.25) is 5.02 Å². The standard InChI is InChI=1S/C22H19ClN6O2S/c1-13(32-21-16-11-26-28(2)20(16)24-12-25-21)22(30)29-18(19-4-3-9-31-19)10-17(27-29)14-5-7-15(23)8-6-14/h3-9,11-13,18H,10H2,1-2H3/t13-,18+/m0/s1. The fourth-order valence-corrected chi connectivity index (χ4v) is 4.72. The maximum atomic E-state index is 13.5. The van der Waals surface area contributed by atoms with Crippen LogP contribution in [0.4, 0.5) is 0 Å². The number of fused-ring (bicyclic) bond motifs is 1. The Labute approximate surface area is 193 Å². The van der Waals surface area contributed by atoms with Gasteiger partial charge >= 0.3 is 0 Å². The molecule has 1 aliphatic rings. The highest BCUT2D eigenvalue weighted by Crippen LogP contribution is 2.36. The molecule has 10 heteroatoms. The number of hydrogen-bond acceptors (Lipinski definition) is 7. The first-order valence-corrected chi connectivity index (χ1v) is 11.3. The SMILES string of the molecule is C[C@H](Sc1ncnc2c1cnn2C)C(=O)N1N=C(c2ccc(Cl)cc2)C[C@@H]1c1ccco1. The number of aryl methyl sites for hydroxylation is 1. The van der Waals surface area contributed by atoms with Crippen molar-refractivity contribution in [3.8, 4) is 0 Å². The van der Waals surface area contributed by atoms with Gasteiger partial charge in [-0.05, 0) is 36.8 Å². The highest BCUT2D eigenvalue weighted by atomic mass is 35.5. The lowest BCUT2D eigenvalue weighted by atomic mass is 10.0. The fraction of sp³-hybridized carbons (Fsp3) is 0.227. The first kappa shape index (κ1) is 20.7. The average molecular weight is 467 g/mol. The van der Waals surface area contributed by atoms with E-state index in [2.05, 4.69) is 20.2 Å². The van der Waals surface area contributed by atoms with E-state index in [0.717, 1.165) is 22.3 Å². The van der Waals surface area contributed by atoms with Crippen LogP contribution in [-0.4, -0.2) is 41.6 Å². The Morgan fingerprint density at radius 1 is 1.25 bits per heavy atom. The average Bonchev–Trinajstić information content (AvgIpc) is 3.54. The van der Waals surface area contributed by atoms with E-state index in [1.165, 1.54) is 23.1 Å². The van der Waals surface area contributed by atoms with Crippen LogP contribution in [0.3, 0.4) is 0 Å². The molecule has 0 saturated carbocycles. The van der Waals surface area contributed by atoms with Crippen LogP contribution in [0, 0.1) is 0 Å². The van der Waals surface area contributed by atoms with Gasteiger partial charge in [0.15, 0.2) is 5.65 Å². The Balaban J connectivity index is 1.44. The van der Waals surface area contributed by atoms with Crippen LogP contribution in [0.5, 0.6) is 0 Å². The number of benzene rings is 1. The molecule has 0 N–H and O–H groups in total. The maximum Gasteiger partial charge on any atom is 0.256 e. The molecule has 5 rings (SSSR count). The van der Waals surface area contributed by atoms with Crippen LogP contribution in [0.25, 0.3) is 11.0 Å². The van der Waals surface area contributed by atoms with E-state index < -0.39 is 5.25 Å². The topological polar surface area (TPSA) is 89.4 Å². The van der Waals surface area contributed by atoms with Crippen LogP contribution in [-0.2, 0) is 11.8 Å².